The van der Waals surface area contributed by atoms with Gasteiger partial charge in [-0.25, -0.2) is 4.98 Å². The van der Waals surface area contributed by atoms with Gasteiger partial charge in [0.25, 0.3) is 11.8 Å². The molecule has 0 saturated carbocycles. The molecule has 0 spiro atoms. The number of carbonyl (C=O) groups excluding carboxylic acids is 3. The second-order valence-electron chi connectivity index (χ2n) is 12.3. The molecular formula is C33H43N5O3S2. The van der Waals surface area contributed by atoms with Gasteiger partial charge in [-0.05, 0) is 66.6 Å². The fourth-order valence-corrected chi connectivity index (χ4v) is 6.49. The van der Waals surface area contributed by atoms with Gasteiger partial charge >= 0.3 is 0 Å². The molecule has 10 heteroatoms. The van der Waals surface area contributed by atoms with E-state index in [4.69, 9.17) is 0 Å². The van der Waals surface area contributed by atoms with Gasteiger partial charge in [0.1, 0.15) is 0 Å². The Balaban J connectivity index is 1.32. The number of piperazine rings is 1. The first-order valence-corrected chi connectivity index (χ1v) is 16.5. The van der Waals surface area contributed by atoms with Crippen molar-refractivity contribution in [2.75, 3.05) is 31.5 Å². The summed E-state index contributed by atoms with van der Waals surface area (Å²) >= 11 is 3.07. The van der Waals surface area contributed by atoms with E-state index in [-0.39, 0.29) is 23.1 Å². The number of benzene rings is 2. The number of amides is 3. The molecule has 0 bridgehead atoms. The summed E-state index contributed by atoms with van der Waals surface area (Å²) in [5.41, 5.74) is 5.74. The number of hydrogen-bond acceptors (Lipinski definition) is 7. The van der Waals surface area contributed by atoms with E-state index in [9.17, 15) is 14.4 Å². The van der Waals surface area contributed by atoms with Crippen molar-refractivity contribution >= 4 is 46.0 Å². The van der Waals surface area contributed by atoms with Crippen molar-refractivity contribution in [3.63, 3.8) is 0 Å². The maximum atomic E-state index is 13.4. The van der Waals surface area contributed by atoms with E-state index in [1.807, 2.05) is 49.1 Å². The van der Waals surface area contributed by atoms with Gasteiger partial charge in [-0.1, -0.05) is 50.3 Å². The lowest BCUT2D eigenvalue weighted by Crippen LogP contribution is -2.50. The lowest BCUT2D eigenvalue weighted by Gasteiger charge is -2.34. The van der Waals surface area contributed by atoms with Crippen molar-refractivity contribution in [1.29, 1.82) is 0 Å². The third-order valence-corrected chi connectivity index (χ3v) is 10.4. The van der Waals surface area contributed by atoms with Crippen LogP contribution in [0.5, 0.6) is 0 Å². The first kappa shape index (κ1) is 32.7. The molecule has 1 atom stereocenters. The van der Waals surface area contributed by atoms with Gasteiger partial charge in [-0.2, -0.15) is 0 Å². The van der Waals surface area contributed by atoms with Crippen LogP contribution in [0.3, 0.4) is 0 Å². The normalized spacial score (nSPS) is 14.5. The number of aryl methyl sites for hydroxylation is 1. The molecule has 230 valence electrons. The molecule has 1 aliphatic heterocycles. The lowest BCUT2D eigenvalue weighted by molar-refractivity contribution is -0.130. The molecule has 3 amide bonds. The Morgan fingerprint density at radius 2 is 1.65 bits per heavy atom. The molecular weight excluding hydrogens is 579 g/mol. The number of anilines is 1. The van der Waals surface area contributed by atoms with Crippen LogP contribution in [0.1, 0.15) is 77.6 Å². The maximum absolute atomic E-state index is 13.4. The summed E-state index contributed by atoms with van der Waals surface area (Å²) in [6.45, 7) is 17.4. The number of aromatic nitrogens is 1. The van der Waals surface area contributed by atoms with Crippen LogP contribution in [-0.2, 0) is 17.1 Å². The molecule has 8 nitrogen and oxygen atoms in total. The Bertz CT molecular complexity index is 1450. The molecule has 2 N–H and O–H groups in total. The Kier molecular flexibility index (Phi) is 10.7. The smallest absolute Gasteiger partial charge is 0.257 e. The van der Waals surface area contributed by atoms with Gasteiger partial charge in [-0.3, -0.25) is 19.7 Å². The third kappa shape index (κ3) is 8.68. The average Bonchev–Trinajstić information content (AvgIpc) is 3.42. The van der Waals surface area contributed by atoms with Crippen molar-refractivity contribution < 1.29 is 14.4 Å². The molecule has 1 saturated heterocycles. The molecule has 1 aromatic heterocycles. The van der Waals surface area contributed by atoms with Gasteiger partial charge in [0, 0.05) is 62.6 Å². The third-order valence-electron chi connectivity index (χ3n) is 8.18. The van der Waals surface area contributed by atoms with Crippen LogP contribution in [0.4, 0.5) is 5.13 Å². The fourth-order valence-electron chi connectivity index (χ4n) is 4.69. The average molecular weight is 622 g/mol. The number of nitrogens with one attached hydrogen (secondary N) is 2. The molecule has 2 aromatic carbocycles. The van der Waals surface area contributed by atoms with Crippen LogP contribution in [0.15, 0.2) is 46.8 Å². The minimum atomic E-state index is -0.185. The van der Waals surface area contributed by atoms with Crippen LogP contribution in [0.2, 0.25) is 0 Å². The first-order chi connectivity index (χ1) is 20.3. The molecule has 1 fully saturated rings. The van der Waals surface area contributed by atoms with Gasteiger partial charge in [0.15, 0.2) is 5.13 Å². The fraction of sp³-hybridized carbons (Fsp3) is 0.455. The number of hydrogen-bond donors (Lipinski definition) is 2. The summed E-state index contributed by atoms with van der Waals surface area (Å²) < 4.78 is 0.983. The zero-order chi connectivity index (χ0) is 31.3. The monoisotopic (exact) mass is 621 g/mol. The standard InChI is InChI=1S/C33H43N5O3S2/c1-21-16-26(17-28(22(21)2)31(41)38-14-12-37(13-15-38)24(4)39)20-42-29-19-35-32(43-29)36-30(40)27-10-8-25(9-11-27)18-34-23(3)33(5,6)7/h8-11,16-17,19,23,34H,12-15,18,20H2,1-7H3,(H,35,36,40)/t23-/m1/s1. The molecule has 0 radical (unpaired) electrons. The van der Waals surface area contributed by atoms with Gasteiger partial charge in [0.2, 0.25) is 5.91 Å². The SMILES string of the molecule is CC(=O)N1CCN(C(=O)c2cc(CSc3cnc(NC(=O)c4ccc(CN[C@H](C)C(C)(C)C)cc4)s3)cc(C)c2C)CC1. The van der Waals surface area contributed by atoms with E-state index in [1.165, 1.54) is 11.3 Å². The molecule has 0 aliphatic carbocycles. The van der Waals surface area contributed by atoms with Crippen molar-refractivity contribution in [1.82, 2.24) is 20.1 Å². The van der Waals surface area contributed by atoms with Crippen molar-refractivity contribution in [3.05, 3.63) is 76.0 Å². The first-order valence-electron chi connectivity index (χ1n) is 14.7. The number of rotatable bonds is 9. The van der Waals surface area contributed by atoms with Crippen molar-refractivity contribution in [2.45, 2.75) is 71.0 Å². The summed E-state index contributed by atoms with van der Waals surface area (Å²) in [6, 6.07) is 12.1. The lowest BCUT2D eigenvalue weighted by atomic mass is 9.88. The highest BCUT2D eigenvalue weighted by Gasteiger charge is 2.25. The predicted molar refractivity (Wildman–Crippen MR) is 176 cm³/mol. The quantitative estimate of drug-likeness (QED) is 0.279. The highest BCUT2D eigenvalue weighted by atomic mass is 32.2. The Morgan fingerprint density at radius 3 is 2.28 bits per heavy atom. The number of carbonyl (C=O) groups is 3. The van der Waals surface area contributed by atoms with Crippen LogP contribution < -0.4 is 10.6 Å². The minimum Gasteiger partial charge on any atom is -0.339 e. The molecule has 4 rings (SSSR count). The van der Waals surface area contributed by atoms with E-state index < -0.39 is 0 Å². The van der Waals surface area contributed by atoms with E-state index in [1.54, 1.807) is 29.8 Å². The molecule has 0 unspecified atom stereocenters. The highest BCUT2D eigenvalue weighted by molar-refractivity contribution is 8.00. The maximum Gasteiger partial charge on any atom is 0.257 e. The van der Waals surface area contributed by atoms with Crippen LogP contribution >= 0.6 is 23.1 Å². The largest absolute Gasteiger partial charge is 0.339 e. The van der Waals surface area contributed by atoms with Crippen LogP contribution in [0, 0.1) is 19.3 Å². The Hall–Kier alpha value is -3.21. The topological polar surface area (TPSA) is 94.6 Å². The van der Waals surface area contributed by atoms with Gasteiger partial charge < -0.3 is 15.1 Å². The Morgan fingerprint density at radius 1 is 1.00 bits per heavy atom. The van der Waals surface area contributed by atoms with Crippen LogP contribution in [0.25, 0.3) is 0 Å². The zero-order valence-electron chi connectivity index (χ0n) is 26.2. The summed E-state index contributed by atoms with van der Waals surface area (Å²) in [5, 5.41) is 7.02. The minimum absolute atomic E-state index is 0.0159. The molecule has 2 heterocycles. The second-order valence-corrected chi connectivity index (χ2v) is 14.6. The summed E-state index contributed by atoms with van der Waals surface area (Å²) in [4.78, 5) is 45.9. The summed E-state index contributed by atoms with van der Waals surface area (Å²) in [6.07, 6.45) is 1.78. The molecule has 3 aromatic rings. The zero-order valence-corrected chi connectivity index (χ0v) is 27.9. The molecule has 1 aliphatic rings. The summed E-state index contributed by atoms with van der Waals surface area (Å²) in [5.74, 6) is 0.558. The number of thiazole rings is 1. The predicted octanol–water partition coefficient (Wildman–Crippen LogP) is 6.13. The Labute approximate surface area is 263 Å². The van der Waals surface area contributed by atoms with Crippen LogP contribution in [-0.4, -0.2) is 64.7 Å². The number of nitrogens with zero attached hydrogens (tertiary/aromatic N) is 3. The van der Waals surface area contributed by atoms with E-state index in [0.717, 1.165) is 38.6 Å². The number of thioether (sulfide) groups is 1. The van der Waals surface area contributed by atoms with E-state index in [0.29, 0.717) is 48.7 Å². The van der Waals surface area contributed by atoms with E-state index >= 15 is 0 Å². The van der Waals surface area contributed by atoms with Gasteiger partial charge in [0.05, 0.1) is 10.4 Å². The van der Waals surface area contributed by atoms with E-state index in [2.05, 4.69) is 49.4 Å². The molecule has 43 heavy (non-hydrogen) atoms. The van der Waals surface area contributed by atoms with Gasteiger partial charge in [-0.15, -0.1) is 11.8 Å². The van der Waals surface area contributed by atoms with Crippen molar-refractivity contribution in [3.8, 4) is 0 Å². The second kappa shape index (κ2) is 14.1. The van der Waals surface area contributed by atoms with Crippen molar-refractivity contribution in [2.24, 2.45) is 5.41 Å². The highest BCUT2D eigenvalue weighted by Crippen LogP contribution is 2.32. The summed E-state index contributed by atoms with van der Waals surface area (Å²) in [7, 11) is 0.